The van der Waals surface area contributed by atoms with Crippen LogP contribution in [0.15, 0.2) is 97.1 Å². The number of phenols is 3. The van der Waals surface area contributed by atoms with E-state index < -0.39 is 0 Å². The van der Waals surface area contributed by atoms with Crippen LogP contribution in [0.5, 0.6) is 17.2 Å². The smallest absolute Gasteiger partial charge is 0.115 e. The molecule has 5 rings (SSSR count). The Labute approximate surface area is 195 Å². The zero-order valence-electron chi connectivity index (χ0n) is 17.4. The summed E-state index contributed by atoms with van der Waals surface area (Å²) >= 11 is 6.30. The SMILES string of the molecule is Oc1ccc(-c2nn(-c3cccc(Cl)c3)c(-c3ccc(O)cc3)c2-c2ccc(O)cc2)cc1. The normalized spacial score (nSPS) is 10.9. The van der Waals surface area contributed by atoms with Gasteiger partial charge in [-0.3, -0.25) is 0 Å². The van der Waals surface area contributed by atoms with E-state index in [0.717, 1.165) is 33.6 Å². The van der Waals surface area contributed by atoms with Gasteiger partial charge in [0, 0.05) is 21.7 Å². The van der Waals surface area contributed by atoms with Gasteiger partial charge in [-0.25, -0.2) is 4.68 Å². The highest BCUT2D eigenvalue weighted by Gasteiger charge is 2.23. The summed E-state index contributed by atoms with van der Waals surface area (Å²) in [5.74, 6) is 0.494. The molecule has 0 aliphatic rings. The van der Waals surface area contributed by atoms with Crippen molar-refractivity contribution < 1.29 is 15.3 Å². The van der Waals surface area contributed by atoms with E-state index in [1.165, 1.54) is 0 Å². The quantitative estimate of drug-likeness (QED) is 0.284. The molecule has 162 valence electrons. The lowest BCUT2D eigenvalue weighted by atomic mass is 9.95. The molecule has 0 bridgehead atoms. The molecule has 1 aromatic heterocycles. The lowest BCUT2D eigenvalue weighted by molar-refractivity contribution is 0.475. The minimum absolute atomic E-state index is 0.164. The van der Waals surface area contributed by atoms with Crippen molar-refractivity contribution >= 4 is 11.6 Å². The number of benzene rings is 4. The van der Waals surface area contributed by atoms with E-state index in [-0.39, 0.29) is 17.2 Å². The Hall–Kier alpha value is -4.22. The summed E-state index contributed by atoms with van der Waals surface area (Å²) in [6.45, 7) is 0. The number of hydrogen-bond donors (Lipinski definition) is 3. The lowest BCUT2D eigenvalue weighted by Gasteiger charge is -2.11. The van der Waals surface area contributed by atoms with Gasteiger partial charge in [0.1, 0.15) is 22.9 Å². The second-order valence-electron chi connectivity index (χ2n) is 7.60. The maximum atomic E-state index is 9.86. The first-order chi connectivity index (χ1) is 16.0. The van der Waals surface area contributed by atoms with Crippen LogP contribution in [0.4, 0.5) is 0 Å². The number of nitrogens with zero attached hydrogens (tertiary/aromatic N) is 2. The predicted molar refractivity (Wildman–Crippen MR) is 130 cm³/mol. The van der Waals surface area contributed by atoms with Gasteiger partial charge < -0.3 is 15.3 Å². The van der Waals surface area contributed by atoms with Crippen molar-refractivity contribution in [3.63, 3.8) is 0 Å². The molecule has 0 amide bonds. The molecule has 33 heavy (non-hydrogen) atoms. The Morgan fingerprint density at radius 1 is 0.606 bits per heavy atom. The van der Waals surface area contributed by atoms with Crippen molar-refractivity contribution in [1.29, 1.82) is 0 Å². The Bertz CT molecular complexity index is 1420. The fraction of sp³-hybridized carbons (Fsp3) is 0. The topological polar surface area (TPSA) is 78.5 Å². The molecular formula is C27H19ClN2O3. The number of aromatic hydroxyl groups is 3. The first-order valence-electron chi connectivity index (χ1n) is 10.3. The zero-order chi connectivity index (χ0) is 22.9. The Morgan fingerprint density at radius 2 is 1.12 bits per heavy atom. The standard InChI is InChI=1S/C27H19ClN2O3/c28-20-2-1-3-21(16-20)30-27(19-8-14-24(33)15-9-19)25(17-4-10-22(31)11-5-17)26(29-30)18-6-12-23(32)13-7-18/h1-16,31-33H. The van der Waals surface area contributed by atoms with Crippen LogP contribution < -0.4 is 0 Å². The molecule has 1 heterocycles. The summed E-state index contributed by atoms with van der Waals surface area (Å²) in [4.78, 5) is 0. The predicted octanol–water partition coefficient (Wildman–Crippen LogP) is 6.64. The molecule has 0 atom stereocenters. The van der Waals surface area contributed by atoms with Crippen molar-refractivity contribution in [2.45, 2.75) is 0 Å². The summed E-state index contributed by atoms with van der Waals surface area (Å²) in [6.07, 6.45) is 0. The maximum Gasteiger partial charge on any atom is 0.115 e. The number of halogens is 1. The first-order valence-corrected chi connectivity index (χ1v) is 10.6. The molecule has 6 heteroatoms. The Morgan fingerprint density at radius 3 is 1.67 bits per heavy atom. The van der Waals surface area contributed by atoms with Crippen molar-refractivity contribution in [3.8, 4) is 56.6 Å². The van der Waals surface area contributed by atoms with E-state index in [1.807, 2.05) is 59.3 Å². The van der Waals surface area contributed by atoms with Crippen LogP contribution in [-0.2, 0) is 0 Å². The third-order valence-corrected chi connectivity index (χ3v) is 5.61. The van der Waals surface area contributed by atoms with Crippen LogP contribution in [0.3, 0.4) is 0 Å². The molecule has 0 radical (unpaired) electrons. The van der Waals surface area contributed by atoms with Crippen molar-refractivity contribution in [3.05, 3.63) is 102 Å². The average Bonchev–Trinajstić information content (AvgIpc) is 3.21. The third kappa shape index (κ3) is 4.02. The largest absolute Gasteiger partial charge is 0.508 e. The highest BCUT2D eigenvalue weighted by molar-refractivity contribution is 6.30. The second kappa shape index (κ2) is 8.37. The summed E-state index contributed by atoms with van der Waals surface area (Å²) in [7, 11) is 0. The first kappa shape index (κ1) is 20.7. The maximum absolute atomic E-state index is 9.86. The van der Waals surface area contributed by atoms with E-state index >= 15 is 0 Å². The molecule has 0 saturated carbocycles. The molecule has 3 N–H and O–H groups in total. The second-order valence-corrected chi connectivity index (χ2v) is 8.04. The van der Waals surface area contributed by atoms with Crippen LogP contribution in [0.25, 0.3) is 39.3 Å². The van der Waals surface area contributed by atoms with E-state index in [9.17, 15) is 15.3 Å². The van der Waals surface area contributed by atoms with Gasteiger partial charge in [0.05, 0.1) is 11.4 Å². The van der Waals surface area contributed by atoms with Crippen LogP contribution in [0.1, 0.15) is 0 Å². The van der Waals surface area contributed by atoms with Crippen molar-refractivity contribution in [2.24, 2.45) is 0 Å². The van der Waals surface area contributed by atoms with E-state index in [4.69, 9.17) is 16.7 Å². The fourth-order valence-electron chi connectivity index (χ4n) is 3.82. The van der Waals surface area contributed by atoms with Gasteiger partial charge in [-0.2, -0.15) is 5.10 Å². The molecule has 0 aliphatic heterocycles. The van der Waals surface area contributed by atoms with Gasteiger partial charge in [-0.1, -0.05) is 29.8 Å². The molecule has 0 spiro atoms. The summed E-state index contributed by atoms with van der Waals surface area (Å²) in [5.41, 5.74) is 5.62. The molecule has 0 saturated heterocycles. The van der Waals surface area contributed by atoms with Gasteiger partial charge in [0.15, 0.2) is 0 Å². The minimum Gasteiger partial charge on any atom is -0.508 e. The highest BCUT2D eigenvalue weighted by atomic mass is 35.5. The fourth-order valence-corrected chi connectivity index (χ4v) is 4.01. The van der Waals surface area contributed by atoms with Crippen LogP contribution in [0, 0.1) is 0 Å². The molecule has 0 aliphatic carbocycles. The number of rotatable bonds is 4. The van der Waals surface area contributed by atoms with Gasteiger partial charge in [-0.15, -0.1) is 0 Å². The molecule has 0 unspecified atom stereocenters. The number of aromatic nitrogens is 2. The van der Waals surface area contributed by atoms with Gasteiger partial charge >= 0.3 is 0 Å². The molecule has 5 aromatic rings. The van der Waals surface area contributed by atoms with Gasteiger partial charge in [-0.05, 0) is 84.4 Å². The summed E-state index contributed by atoms with van der Waals surface area (Å²) in [5, 5.41) is 35.1. The van der Waals surface area contributed by atoms with Crippen molar-refractivity contribution in [1.82, 2.24) is 9.78 Å². The van der Waals surface area contributed by atoms with Gasteiger partial charge in [0.2, 0.25) is 0 Å². The monoisotopic (exact) mass is 454 g/mol. The number of hydrogen-bond acceptors (Lipinski definition) is 4. The van der Waals surface area contributed by atoms with E-state index in [2.05, 4.69) is 0 Å². The average molecular weight is 455 g/mol. The zero-order valence-corrected chi connectivity index (χ0v) is 18.1. The molecular weight excluding hydrogens is 436 g/mol. The molecule has 5 nitrogen and oxygen atoms in total. The summed E-state index contributed by atoms with van der Waals surface area (Å²) in [6, 6.07) is 28.1. The van der Waals surface area contributed by atoms with E-state index in [0.29, 0.717) is 10.7 Å². The van der Waals surface area contributed by atoms with Crippen LogP contribution in [-0.4, -0.2) is 25.1 Å². The van der Waals surface area contributed by atoms with Crippen LogP contribution >= 0.6 is 11.6 Å². The van der Waals surface area contributed by atoms with Crippen LogP contribution in [0.2, 0.25) is 5.02 Å². The van der Waals surface area contributed by atoms with Gasteiger partial charge in [0.25, 0.3) is 0 Å². The van der Waals surface area contributed by atoms with Crippen molar-refractivity contribution in [2.75, 3.05) is 0 Å². The third-order valence-electron chi connectivity index (χ3n) is 5.38. The highest BCUT2D eigenvalue weighted by Crippen LogP contribution is 2.42. The minimum atomic E-state index is 0.164. The molecule has 4 aromatic carbocycles. The summed E-state index contributed by atoms with van der Waals surface area (Å²) < 4.78 is 1.82. The lowest BCUT2D eigenvalue weighted by Crippen LogP contribution is -1.99. The number of phenolic OH excluding ortho intramolecular Hbond substituents is 3. The Kier molecular flexibility index (Phi) is 5.24. The van der Waals surface area contributed by atoms with E-state index in [1.54, 1.807) is 42.5 Å². The Balaban J connectivity index is 1.88. The molecule has 0 fully saturated rings.